The first-order chi connectivity index (χ1) is 9.41. The molecule has 2 heterocycles. The van der Waals surface area contributed by atoms with Gasteiger partial charge in [0.25, 0.3) is 5.91 Å². The summed E-state index contributed by atoms with van der Waals surface area (Å²) in [5.41, 5.74) is 2.87. The van der Waals surface area contributed by atoms with Gasteiger partial charge in [-0.15, -0.1) is 0 Å². The molecule has 0 aliphatic carbocycles. The minimum atomic E-state index is 0.0802. The number of hydrogen-bond donors (Lipinski definition) is 0. The van der Waals surface area contributed by atoms with Gasteiger partial charge < -0.3 is 14.4 Å². The minimum absolute atomic E-state index is 0.0802. The number of carbonyl (C=O) groups is 2. The summed E-state index contributed by atoms with van der Waals surface area (Å²) in [6, 6.07) is 1.95. The molecule has 1 aromatic rings. The Morgan fingerprint density at radius 3 is 2.20 bits per heavy atom. The van der Waals surface area contributed by atoms with Gasteiger partial charge in [-0.05, 0) is 26.3 Å². The Kier molecular flexibility index (Phi) is 4.16. The number of aryl methyl sites for hydroxylation is 1. The fraction of sp³-hybridized carbons (Fsp3) is 0.600. The highest BCUT2D eigenvalue weighted by Gasteiger charge is 2.23. The van der Waals surface area contributed by atoms with Crippen molar-refractivity contribution >= 4 is 11.8 Å². The summed E-state index contributed by atoms with van der Waals surface area (Å²) in [4.78, 5) is 27.7. The third-order valence-corrected chi connectivity index (χ3v) is 4.23. The topological polar surface area (TPSA) is 45.6 Å². The normalized spacial score (nSPS) is 16.2. The molecule has 0 bridgehead atoms. The van der Waals surface area contributed by atoms with Gasteiger partial charge in [0.1, 0.15) is 0 Å². The van der Waals surface area contributed by atoms with Crippen LogP contribution in [-0.4, -0.2) is 52.4 Å². The van der Waals surface area contributed by atoms with Gasteiger partial charge in [0.15, 0.2) is 0 Å². The van der Waals surface area contributed by atoms with E-state index in [9.17, 15) is 9.59 Å². The van der Waals surface area contributed by atoms with Gasteiger partial charge in [0.05, 0.1) is 5.56 Å². The maximum absolute atomic E-state index is 12.6. The first-order valence-electron chi connectivity index (χ1n) is 7.09. The summed E-state index contributed by atoms with van der Waals surface area (Å²) in [7, 11) is 1.97. The van der Waals surface area contributed by atoms with Gasteiger partial charge in [-0.1, -0.05) is 0 Å². The van der Waals surface area contributed by atoms with Crippen LogP contribution in [0.5, 0.6) is 0 Å². The Labute approximate surface area is 120 Å². The smallest absolute Gasteiger partial charge is 0.255 e. The van der Waals surface area contributed by atoms with Crippen molar-refractivity contribution in [2.24, 2.45) is 7.05 Å². The quantitative estimate of drug-likeness (QED) is 0.777. The maximum Gasteiger partial charge on any atom is 0.255 e. The zero-order chi connectivity index (χ0) is 14.9. The number of hydrogen-bond acceptors (Lipinski definition) is 2. The van der Waals surface area contributed by atoms with E-state index in [0.29, 0.717) is 13.1 Å². The molecule has 5 nitrogen and oxygen atoms in total. The number of aromatic nitrogens is 1. The van der Waals surface area contributed by atoms with Crippen LogP contribution in [-0.2, 0) is 11.8 Å². The van der Waals surface area contributed by atoms with Crippen LogP contribution in [0.1, 0.15) is 35.1 Å². The van der Waals surface area contributed by atoms with E-state index in [1.807, 2.05) is 41.3 Å². The lowest BCUT2D eigenvalue weighted by molar-refractivity contribution is -0.128. The molecule has 0 N–H and O–H groups in total. The van der Waals surface area contributed by atoms with Crippen LogP contribution in [0.4, 0.5) is 0 Å². The summed E-state index contributed by atoms with van der Waals surface area (Å²) >= 11 is 0. The van der Waals surface area contributed by atoms with Crippen molar-refractivity contribution in [3.05, 3.63) is 23.0 Å². The van der Waals surface area contributed by atoms with Gasteiger partial charge in [-0.25, -0.2) is 0 Å². The highest BCUT2D eigenvalue weighted by atomic mass is 16.2. The van der Waals surface area contributed by atoms with Crippen LogP contribution in [0.3, 0.4) is 0 Å². The first kappa shape index (κ1) is 14.6. The molecule has 0 atom stereocenters. The molecule has 1 aromatic heterocycles. The number of amides is 2. The molecule has 0 saturated carbocycles. The molecule has 0 unspecified atom stereocenters. The monoisotopic (exact) mass is 277 g/mol. The molecule has 110 valence electrons. The van der Waals surface area contributed by atoms with Crippen molar-refractivity contribution in [1.82, 2.24) is 14.4 Å². The number of rotatable bonds is 1. The molecule has 2 amide bonds. The zero-order valence-corrected chi connectivity index (χ0v) is 12.8. The van der Waals surface area contributed by atoms with Gasteiger partial charge in [0, 0.05) is 51.5 Å². The lowest BCUT2D eigenvalue weighted by atomic mass is 10.2. The Morgan fingerprint density at radius 2 is 1.65 bits per heavy atom. The van der Waals surface area contributed by atoms with Crippen LogP contribution in [0.25, 0.3) is 0 Å². The molecule has 1 saturated heterocycles. The van der Waals surface area contributed by atoms with Crippen molar-refractivity contribution in [2.75, 3.05) is 26.2 Å². The van der Waals surface area contributed by atoms with E-state index in [0.717, 1.165) is 36.5 Å². The molecule has 1 fully saturated rings. The van der Waals surface area contributed by atoms with Gasteiger partial charge in [-0.3, -0.25) is 9.59 Å². The van der Waals surface area contributed by atoms with Crippen molar-refractivity contribution in [3.8, 4) is 0 Å². The van der Waals surface area contributed by atoms with E-state index in [1.165, 1.54) is 0 Å². The van der Waals surface area contributed by atoms with Gasteiger partial charge in [0.2, 0.25) is 5.91 Å². The summed E-state index contributed by atoms with van der Waals surface area (Å²) < 4.78 is 2.03. The Morgan fingerprint density at radius 1 is 1.05 bits per heavy atom. The molecular weight excluding hydrogens is 254 g/mol. The summed E-state index contributed by atoms with van der Waals surface area (Å²) in [6.07, 6.45) is 0.843. The number of nitrogens with zero attached hydrogens (tertiary/aromatic N) is 3. The SMILES string of the molecule is CC(=O)N1CCCN(C(=O)c2cc(C)n(C)c2C)CC1. The minimum Gasteiger partial charge on any atom is -0.351 e. The zero-order valence-electron chi connectivity index (χ0n) is 12.8. The summed E-state index contributed by atoms with van der Waals surface area (Å²) in [6.45, 7) is 8.27. The molecule has 0 radical (unpaired) electrons. The molecular formula is C15H23N3O2. The second-order valence-corrected chi connectivity index (χ2v) is 5.50. The lowest BCUT2D eigenvalue weighted by Crippen LogP contribution is -2.36. The van der Waals surface area contributed by atoms with E-state index < -0.39 is 0 Å². The Balaban J connectivity index is 2.13. The molecule has 0 aromatic carbocycles. The third kappa shape index (κ3) is 2.71. The van der Waals surface area contributed by atoms with Crippen LogP contribution in [0.2, 0.25) is 0 Å². The average Bonchev–Trinajstić information content (AvgIpc) is 2.64. The molecule has 5 heteroatoms. The Hall–Kier alpha value is -1.78. The van der Waals surface area contributed by atoms with Crippen molar-refractivity contribution in [3.63, 3.8) is 0 Å². The highest BCUT2D eigenvalue weighted by molar-refractivity contribution is 5.95. The van der Waals surface area contributed by atoms with Crippen molar-refractivity contribution < 1.29 is 9.59 Å². The molecule has 1 aliphatic rings. The molecule has 1 aliphatic heterocycles. The van der Waals surface area contributed by atoms with E-state index >= 15 is 0 Å². The second-order valence-electron chi connectivity index (χ2n) is 5.50. The maximum atomic E-state index is 12.6. The molecule has 20 heavy (non-hydrogen) atoms. The van der Waals surface area contributed by atoms with Crippen molar-refractivity contribution in [2.45, 2.75) is 27.2 Å². The van der Waals surface area contributed by atoms with Gasteiger partial charge in [-0.2, -0.15) is 0 Å². The lowest BCUT2D eigenvalue weighted by Gasteiger charge is -2.21. The average molecular weight is 277 g/mol. The third-order valence-electron chi connectivity index (χ3n) is 4.23. The first-order valence-corrected chi connectivity index (χ1v) is 7.09. The van der Waals surface area contributed by atoms with Crippen LogP contribution >= 0.6 is 0 Å². The van der Waals surface area contributed by atoms with E-state index in [-0.39, 0.29) is 11.8 Å². The molecule has 2 rings (SSSR count). The van der Waals surface area contributed by atoms with E-state index in [2.05, 4.69) is 0 Å². The van der Waals surface area contributed by atoms with E-state index in [4.69, 9.17) is 0 Å². The predicted molar refractivity (Wildman–Crippen MR) is 77.7 cm³/mol. The predicted octanol–water partition coefficient (Wildman–Crippen LogP) is 1.34. The number of carbonyl (C=O) groups excluding carboxylic acids is 2. The van der Waals surface area contributed by atoms with E-state index in [1.54, 1.807) is 6.92 Å². The van der Waals surface area contributed by atoms with Crippen molar-refractivity contribution in [1.29, 1.82) is 0 Å². The fourth-order valence-electron chi connectivity index (χ4n) is 2.68. The van der Waals surface area contributed by atoms with Gasteiger partial charge >= 0.3 is 0 Å². The van der Waals surface area contributed by atoms with Crippen LogP contribution in [0.15, 0.2) is 6.07 Å². The summed E-state index contributed by atoms with van der Waals surface area (Å²) in [5, 5.41) is 0. The standard InChI is InChI=1S/C15H23N3O2/c1-11-10-14(12(2)16(11)4)15(20)18-7-5-6-17(8-9-18)13(3)19/h10H,5-9H2,1-4H3. The van der Waals surface area contributed by atoms with Crippen LogP contribution < -0.4 is 0 Å². The summed E-state index contributed by atoms with van der Waals surface area (Å²) in [5.74, 6) is 0.169. The largest absolute Gasteiger partial charge is 0.351 e. The second kappa shape index (κ2) is 5.69. The fourth-order valence-corrected chi connectivity index (χ4v) is 2.68. The Bertz CT molecular complexity index is 533. The molecule has 0 spiro atoms. The van der Waals surface area contributed by atoms with Crippen LogP contribution in [0, 0.1) is 13.8 Å². The highest BCUT2D eigenvalue weighted by Crippen LogP contribution is 2.17.